The molecule has 1 unspecified atom stereocenters. The summed E-state index contributed by atoms with van der Waals surface area (Å²) >= 11 is 0. The number of hydrazine groups is 1. The van der Waals surface area contributed by atoms with E-state index in [9.17, 15) is 10.1 Å². The molecule has 0 radical (unpaired) electrons. The van der Waals surface area contributed by atoms with Crippen LogP contribution in [0.5, 0.6) is 0 Å². The third-order valence-corrected chi connectivity index (χ3v) is 2.75. The summed E-state index contributed by atoms with van der Waals surface area (Å²) in [6.45, 7) is 2.17. The number of nitro groups is 1. The minimum Gasteiger partial charge on any atom is -0.395 e. The van der Waals surface area contributed by atoms with Crippen LogP contribution in [0.1, 0.15) is 13.3 Å². The lowest BCUT2D eigenvalue weighted by Gasteiger charge is -2.28. The highest BCUT2D eigenvalue weighted by Crippen LogP contribution is 2.18. The summed E-state index contributed by atoms with van der Waals surface area (Å²) in [5.74, 6) is 0. The summed E-state index contributed by atoms with van der Waals surface area (Å²) in [5, 5.41) is 30.5. The summed E-state index contributed by atoms with van der Waals surface area (Å²) in [6, 6.07) is 5.89. The Morgan fingerprint density at radius 1 is 1.37 bits per heavy atom. The van der Waals surface area contributed by atoms with Gasteiger partial charge in [0.05, 0.1) is 30.4 Å². The van der Waals surface area contributed by atoms with Crippen molar-refractivity contribution in [1.29, 1.82) is 0 Å². The molecule has 0 aromatic heterocycles. The molecule has 0 aliphatic carbocycles. The maximum atomic E-state index is 10.6. The Morgan fingerprint density at radius 3 is 2.42 bits per heavy atom. The number of nitrogens with one attached hydrogen (secondary N) is 1. The molecular weight excluding hydrogens is 250 g/mol. The highest BCUT2D eigenvalue weighted by molar-refractivity contribution is 5.50. The standard InChI is InChI=1S/C12H19N3O4/c1-2-10(9-17)13-14(7-8-16)11-3-5-12(6-4-11)15(18)19/h3-6,10,13,16-17H,2,7-9H2,1H3. The quantitative estimate of drug-likeness (QED) is 0.474. The molecule has 1 aromatic rings. The molecule has 0 amide bonds. The molecule has 3 N–H and O–H groups in total. The minimum absolute atomic E-state index is 0.0156. The molecule has 0 aliphatic heterocycles. The summed E-state index contributed by atoms with van der Waals surface area (Å²) in [5.41, 5.74) is 3.79. The number of nitrogens with zero attached hydrogens (tertiary/aromatic N) is 2. The van der Waals surface area contributed by atoms with Crippen LogP contribution < -0.4 is 10.4 Å². The van der Waals surface area contributed by atoms with Gasteiger partial charge in [0, 0.05) is 18.2 Å². The van der Waals surface area contributed by atoms with Crippen LogP contribution in [0.2, 0.25) is 0 Å². The van der Waals surface area contributed by atoms with E-state index in [1.165, 1.54) is 12.1 Å². The second-order valence-electron chi connectivity index (χ2n) is 4.07. The van der Waals surface area contributed by atoms with Crippen LogP contribution >= 0.6 is 0 Å². The summed E-state index contributed by atoms with van der Waals surface area (Å²) in [7, 11) is 0. The number of nitro benzene ring substituents is 1. The van der Waals surface area contributed by atoms with Crippen LogP contribution in [0, 0.1) is 10.1 Å². The highest BCUT2D eigenvalue weighted by Gasteiger charge is 2.13. The smallest absolute Gasteiger partial charge is 0.269 e. The zero-order valence-corrected chi connectivity index (χ0v) is 10.8. The lowest BCUT2D eigenvalue weighted by molar-refractivity contribution is -0.384. The first-order chi connectivity index (χ1) is 9.12. The van der Waals surface area contributed by atoms with Gasteiger partial charge in [0.2, 0.25) is 0 Å². The van der Waals surface area contributed by atoms with Crippen molar-refractivity contribution in [2.45, 2.75) is 19.4 Å². The molecule has 0 bridgehead atoms. The molecule has 0 fully saturated rings. The van der Waals surface area contributed by atoms with E-state index in [1.807, 2.05) is 6.92 Å². The maximum Gasteiger partial charge on any atom is 0.269 e. The average Bonchev–Trinajstić information content (AvgIpc) is 2.43. The predicted molar refractivity (Wildman–Crippen MR) is 71.8 cm³/mol. The van der Waals surface area contributed by atoms with Crippen LogP contribution in [-0.4, -0.2) is 40.9 Å². The van der Waals surface area contributed by atoms with Crippen molar-refractivity contribution in [2.24, 2.45) is 0 Å². The van der Waals surface area contributed by atoms with Gasteiger partial charge in [0.25, 0.3) is 5.69 Å². The van der Waals surface area contributed by atoms with Crippen molar-refractivity contribution in [3.05, 3.63) is 34.4 Å². The number of hydrogen-bond donors (Lipinski definition) is 3. The number of aliphatic hydroxyl groups excluding tert-OH is 2. The average molecular weight is 269 g/mol. The molecule has 0 aliphatic rings. The number of aliphatic hydroxyl groups is 2. The van der Waals surface area contributed by atoms with Crippen LogP contribution in [0.15, 0.2) is 24.3 Å². The van der Waals surface area contributed by atoms with Crippen molar-refractivity contribution in [3.63, 3.8) is 0 Å². The SMILES string of the molecule is CCC(CO)NN(CCO)c1ccc([N+](=O)[O-])cc1. The van der Waals surface area contributed by atoms with E-state index < -0.39 is 4.92 Å². The molecule has 1 atom stereocenters. The van der Waals surface area contributed by atoms with Gasteiger partial charge in [-0.1, -0.05) is 6.92 Å². The molecule has 0 saturated heterocycles. The highest BCUT2D eigenvalue weighted by atomic mass is 16.6. The Morgan fingerprint density at radius 2 is 2.00 bits per heavy atom. The lowest BCUT2D eigenvalue weighted by atomic mass is 10.2. The normalized spacial score (nSPS) is 12.2. The molecule has 0 saturated carbocycles. The Hall–Kier alpha value is -1.70. The van der Waals surface area contributed by atoms with Gasteiger partial charge in [0.15, 0.2) is 0 Å². The van der Waals surface area contributed by atoms with Crippen molar-refractivity contribution in [2.75, 3.05) is 24.8 Å². The number of non-ortho nitro benzene ring substituents is 1. The summed E-state index contributed by atoms with van der Waals surface area (Å²) in [4.78, 5) is 10.1. The summed E-state index contributed by atoms with van der Waals surface area (Å²) < 4.78 is 0. The Kier molecular flexibility index (Phi) is 6.20. The second-order valence-corrected chi connectivity index (χ2v) is 4.07. The maximum absolute atomic E-state index is 10.6. The van der Waals surface area contributed by atoms with E-state index in [0.29, 0.717) is 12.2 Å². The van der Waals surface area contributed by atoms with Gasteiger partial charge in [-0.15, -0.1) is 0 Å². The van der Waals surface area contributed by atoms with E-state index in [1.54, 1.807) is 17.1 Å². The zero-order chi connectivity index (χ0) is 14.3. The Bertz CT molecular complexity index is 392. The molecule has 1 rings (SSSR count). The van der Waals surface area contributed by atoms with E-state index in [4.69, 9.17) is 10.2 Å². The molecule has 7 nitrogen and oxygen atoms in total. The fraction of sp³-hybridized carbons (Fsp3) is 0.500. The molecule has 7 heteroatoms. The monoisotopic (exact) mass is 269 g/mol. The largest absolute Gasteiger partial charge is 0.395 e. The third kappa shape index (κ3) is 4.47. The van der Waals surface area contributed by atoms with E-state index in [-0.39, 0.29) is 24.9 Å². The topological polar surface area (TPSA) is 98.9 Å². The first kappa shape index (κ1) is 15.4. The molecule has 0 heterocycles. The van der Waals surface area contributed by atoms with Crippen molar-refractivity contribution in [3.8, 4) is 0 Å². The van der Waals surface area contributed by atoms with Crippen LogP contribution in [0.4, 0.5) is 11.4 Å². The van der Waals surface area contributed by atoms with Gasteiger partial charge >= 0.3 is 0 Å². The zero-order valence-electron chi connectivity index (χ0n) is 10.8. The van der Waals surface area contributed by atoms with Gasteiger partial charge in [-0.05, 0) is 18.6 Å². The molecular formula is C12H19N3O4. The van der Waals surface area contributed by atoms with Gasteiger partial charge in [-0.25, -0.2) is 5.43 Å². The fourth-order valence-electron chi connectivity index (χ4n) is 1.60. The van der Waals surface area contributed by atoms with Gasteiger partial charge in [-0.3, -0.25) is 10.1 Å². The van der Waals surface area contributed by atoms with Gasteiger partial charge in [0.1, 0.15) is 0 Å². The molecule has 106 valence electrons. The van der Waals surface area contributed by atoms with E-state index in [0.717, 1.165) is 6.42 Å². The first-order valence-electron chi connectivity index (χ1n) is 6.12. The predicted octanol–water partition coefficient (Wildman–Crippen LogP) is 0.669. The van der Waals surface area contributed by atoms with Crippen LogP contribution in [0.25, 0.3) is 0 Å². The molecule has 1 aromatic carbocycles. The fourth-order valence-corrected chi connectivity index (χ4v) is 1.60. The Labute approximate surface area is 111 Å². The van der Waals surface area contributed by atoms with Crippen LogP contribution in [-0.2, 0) is 0 Å². The number of hydrogen-bond acceptors (Lipinski definition) is 6. The number of benzene rings is 1. The van der Waals surface area contributed by atoms with Gasteiger partial charge in [-0.2, -0.15) is 0 Å². The van der Waals surface area contributed by atoms with Crippen molar-refractivity contribution < 1.29 is 15.1 Å². The van der Waals surface area contributed by atoms with E-state index >= 15 is 0 Å². The van der Waals surface area contributed by atoms with Crippen molar-refractivity contribution in [1.82, 2.24) is 5.43 Å². The lowest BCUT2D eigenvalue weighted by Crippen LogP contribution is -2.47. The molecule has 0 spiro atoms. The van der Waals surface area contributed by atoms with Crippen LogP contribution in [0.3, 0.4) is 0 Å². The number of anilines is 1. The second kappa shape index (κ2) is 7.67. The molecule has 19 heavy (non-hydrogen) atoms. The Balaban J connectivity index is 2.82. The van der Waals surface area contributed by atoms with E-state index in [2.05, 4.69) is 5.43 Å². The minimum atomic E-state index is -0.462. The van der Waals surface area contributed by atoms with Gasteiger partial charge < -0.3 is 15.2 Å². The first-order valence-corrected chi connectivity index (χ1v) is 6.12. The van der Waals surface area contributed by atoms with Crippen molar-refractivity contribution >= 4 is 11.4 Å². The third-order valence-electron chi connectivity index (χ3n) is 2.75. The summed E-state index contributed by atoms with van der Waals surface area (Å²) in [6.07, 6.45) is 0.728. The number of rotatable bonds is 8.